The third-order valence-corrected chi connectivity index (χ3v) is 3.37. The molecule has 1 unspecified atom stereocenters. The van der Waals surface area contributed by atoms with Crippen LogP contribution < -0.4 is 0 Å². The Balaban J connectivity index is 1.87. The number of rotatable bonds is 2. The van der Waals surface area contributed by atoms with Crippen LogP contribution in [0.4, 0.5) is 0 Å². The van der Waals surface area contributed by atoms with Crippen LogP contribution in [0.2, 0.25) is 0 Å². The van der Waals surface area contributed by atoms with Crippen molar-refractivity contribution in [3.8, 4) is 11.3 Å². The molecule has 1 amide bonds. The van der Waals surface area contributed by atoms with Crippen LogP contribution in [0.5, 0.6) is 0 Å². The highest BCUT2D eigenvalue weighted by molar-refractivity contribution is 5.99. The van der Waals surface area contributed by atoms with Crippen molar-refractivity contribution in [2.45, 2.75) is 6.10 Å². The summed E-state index contributed by atoms with van der Waals surface area (Å²) in [6.45, 7) is 1.35. The molecule has 2 heterocycles. The van der Waals surface area contributed by atoms with Crippen molar-refractivity contribution < 1.29 is 19.2 Å². The molecule has 6 heteroatoms. The summed E-state index contributed by atoms with van der Waals surface area (Å²) in [5.74, 6) is 0.236. The van der Waals surface area contributed by atoms with E-state index in [9.17, 15) is 9.90 Å². The lowest BCUT2D eigenvalue weighted by molar-refractivity contribution is 0.0534. The van der Waals surface area contributed by atoms with Gasteiger partial charge in [-0.1, -0.05) is 35.5 Å². The Hall–Kier alpha value is -2.18. The second kappa shape index (κ2) is 6.07. The first-order valence-electron chi connectivity index (χ1n) is 6.81. The average Bonchev–Trinajstić information content (AvgIpc) is 2.90. The van der Waals surface area contributed by atoms with Crippen LogP contribution in [-0.4, -0.2) is 53.5 Å². The number of aliphatic hydroxyl groups is 1. The van der Waals surface area contributed by atoms with Gasteiger partial charge in [0.25, 0.3) is 5.91 Å². The summed E-state index contributed by atoms with van der Waals surface area (Å²) in [7, 11) is 0. The molecule has 0 radical (unpaired) electrons. The highest BCUT2D eigenvalue weighted by Crippen LogP contribution is 2.24. The van der Waals surface area contributed by atoms with Crippen molar-refractivity contribution in [1.29, 1.82) is 0 Å². The highest BCUT2D eigenvalue weighted by Gasteiger charge is 2.26. The van der Waals surface area contributed by atoms with E-state index in [1.54, 1.807) is 4.90 Å². The number of aromatic nitrogens is 1. The van der Waals surface area contributed by atoms with Gasteiger partial charge >= 0.3 is 0 Å². The van der Waals surface area contributed by atoms with Crippen molar-refractivity contribution in [2.24, 2.45) is 0 Å². The van der Waals surface area contributed by atoms with E-state index in [1.165, 1.54) is 6.20 Å². The minimum Gasteiger partial charge on any atom is -0.389 e. The van der Waals surface area contributed by atoms with Crippen LogP contribution in [0.3, 0.4) is 0 Å². The molecule has 3 rings (SSSR count). The summed E-state index contributed by atoms with van der Waals surface area (Å²) < 4.78 is 10.5. The third kappa shape index (κ3) is 2.96. The molecule has 1 N–H and O–H groups in total. The van der Waals surface area contributed by atoms with E-state index in [1.807, 2.05) is 30.3 Å². The van der Waals surface area contributed by atoms with Gasteiger partial charge in [-0.05, 0) is 0 Å². The third-order valence-electron chi connectivity index (χ3n) is 3.37. The second-order valence-corrected chi connectivity index (χ2v) is 4.91. The summed E-state index contributed by atoms with van der Waals surface area (Å²) in [4.78, 5) is 14.2. The van der Waals surface area contributed by atoms with E-state index in [-0.39, 0.29) is 19.1 Å². The quantitative estimate of drug-likeness (QED) is 0.898. The molecule has 110 valence electrons. The number of aliphatic hydroxyl groups excluding tert-OH is 1. The highest BCUT2D eigenvalue weighted by atomic mass is 16.5. The van der Waals surface area contributed by atoms with Gasteiger partial charge in [-0.3, -0.25) is 4.79 Å². The molecule has 1 aliphatic rings. The van der Waals surface area contributed by atoms with Crippen molar-refractivity contribution >= 4 is 5.91 Å². The Morgan fingerprint density at radius 3 is 2.95 bits per heavy atom. The predicted octanol–water partition coefficient (Wildman–Crippen LogP) is 1.17. The zero-order valence-electron chi connectivity index (χ0n) is 11.4. The van der Waals surface area contributed by atoms with Gasteiger partial charge in [-0.25, -0.2) is 0 Å². The number of hydrogen-bond donors (Lipinski definition) is 1. The van der Waals surface area contributed by atoms with E-state index >= 15 is 0 Å². The molecule has 0 aliphatic carbocycles. The fraction of sp³-hybridized carbons (Fsp3) is 0.333. The van der Waals surface area contributed by atoms with Crippen LogP contribution in [-0.2, 0) is 4.74 Å². The molecule has 1 atom stereocenters. The molecule has 1 aromatic carbocycles. The molecule has 2 aromatic rings. The minimum absolute atomic E-state index is 0.209. The van der Waals surface area contributed by atoms with Gasteiger partial charge in [0, 0.05) is 18.7 Å². The molecule has 1 aliphatic heterocycles. The van der Waals surface area contributed by atoms with Gasteiger partial charge in [0.15, 0.2) is 5.76 Å². The number of ether oxygens (including phenoxy) is 1. The normalized spacial score (nSPS) is 19.3. The number of β-amino-alcohol motifs (C(OH)–C–C–N with tert-alkyl or cyclic N) is 1. The number of carbonyl (C=O) groups excluding carboxylic acids is 1. The molecule has 0 saturated carbocycles. The van der Waals surface area contributed by atoms with E-state index in [0.717, 1.165) is 5.56 Å². The van der Waals surface area contributed by atoms with E-state index < -0.39 is 6.10 Å². The molecule has 1 saturated heterocycles. The lowest BCUT2D eigenvalue weighted by atomic mass is 10.1. The first kappa shape index (κ1) is 13.8. The fourth-order valence-electron chi connectivity index (χ4n) is 2.34. The average molecular weight is 288 g/mol. The van der Waals surface area contributed by atoms with Crippen molar-refractivity contribution in [3.63, 3.8) is 0 Å². The van der Waals surface area contributed by atoms with Gasteiger partial charge in [0.05, 0.1) is 25.5 Å². The van der Waals surface area contributed by atoms with Crippen LogP contribution in [0.1, 0.15) is 10.4 Å². The molecule has 0 spiro atoms. The molecule has 1 aromatic heterocycles. The molecular formula is C15H16N2O4. The van der Waals surface area contributed by atoms with Gasteiger partial charge in [0.2, 0.25) is 0 Å². The minimum atomic E-state index is -0.670. The summed E-state index contributed by atoms with van der Waals surface area (Å²) in [5.41, 5.74) is 1.19. The zero-order valence-corrected chi connectivity index (χ0v) is 11.4. The number of hydrogen-bond acceptors (Lipinski definition) is 5. The smallest absolute Gasteiger partial charge is 0.259 e. The van der Waals surface area contributed by atoms with Crippen molar-refractivity contribution in [2.75, 3.05) is 26.3 Å². The lowest BCUT2D eigenvalue weighted by Gasteiger charge is -2.20. The summed E-state index contributed by atoms with van der Waals surface area (Å²) in [6.07, 6.45) is 0.750. The maximum absolute atomic E-state index is 12.6. The van der Waals surface area contributed by atoms with Gasteiger partial charge in [-0.15, -0.1) is 0 Å². The first-order valence-corrected chi connectivity index (χ1v) is 6.81. The van der Waals surface area contributed by atoms with Crippen LogP contribution in [0.25, 0.3) is 11.3 Å². The van der Waals surface area contributed by atoms with Crippen LogP contribution >= 0.6 is 0 Å². The zero-order chi connectivity index (χ0) is 14.7. The van der Waals surface area contributed by atoms with E-state index in [4.69, 9.17) is 9.26 Å². The fourth-order valence-corrected chi connectivity index (χ4v) is 2.34. The maximum atomic E-state index is 12.6. The maximum Gasteiger partial charge on any atom is 0.259 e. The number of carbonyl (C=O) groups is 1. The van der Waals surface area contributed by atoms with Crippen molar-refractivity contribution in [1.82, 2.24) is 10.1 Å². The monoisotopic (exact) mass is 288 g/mol. The summed E-state index contributed by atoms with van der Waals surface area (Å²) >= 11 is 0. The molecule has 21 heavy (non-hydrogen) atoms. The van der Waals surface area contributed by atoms with E-state index in [2.05, 4.69) is 5.16 Å². The number of amides is 1. The van der Waals surface area contributed by atoms with Crippen molar-refractivity contribution in [3.05, 3.63) is 42.1 Å². The topological polar surface area (TPSA) is 75.8 Å². The summed E-state index contributed by atoms with van der Waals surface area (Å²) in [5, 5.41) is 13.5. The summed E-state index contributed by atoms with van der Waals surface area (Å²) in [6, 6.07) is 9.35. The Morgan fingerprint density at radius 1 is 1.33 bits per heavy atom. The number of benzene rings is 1. The second-order valence-electron chi connectivity index (χ2n) is 4.91. The molecular weight excluding hydrogens is 272 g/mol. The lowest BCUT2D eigenvalue weighted by Crippen LogP contribution is -2.37. The van der Waals surface area contributed by atoms with Gasteiger partial charge in [0.1, 0.15) is 5.56 Å². The Labute approximate surface area is 121 Å². The standard InChI is InChI=1S/C15H16N2O4/c18-12-9-17(6-7-20-10-12)15(19)13-8-16-21-14(13)11-4-2-1-3-5-11/h1-5,8,12,18H,6-7,9-10H2. The van der Waals surface area contributed by atoms with Crippen LogP contribution in [0, 0.1) is 0 Å². The van der Waals surface area contributed by atoms with Gasteiger partial charge < -0.3 is 19.3 Å². The Kier molecular flexibility index (Phi) is 3.98. The largest absolute Gasteiger partial charge is 0.389 e. The molecule has 1 fully saturated rings. The Bertz CT molecular complexity index is 611. The SMILES string of the molecule is O=C(c1cnoc1-c1ccccc1)N1CCOCC(O)C1. The first-order chi connectivity index (χ1) is 10.3. The molecule has 6 nitrogen and oxygen atoms in total. The Morgan fingerprint density at radius 2 is 2.14 bits per heavy atom. The predicted molar refractivity (Wildman–Crippen MR) is 74.7 cm³/mol. The number of nitrogens with zero attached hydrogens (tertiary/aromatic N) is 2. The molecule has 0 bridgehead atoms. The van der Waals surface area contributed by atoms with Crippen LogP contribution in [0.15, 0.2) is 41.1 Å². The van der Waals surface area contributed by atoms with E-state index in [0.29, 0.717) is 24.5 Å². The van der Waals surface area contributed by atoms with Gasteiger partial charge in [-0.2, -0.15) is 0 Å².